The molecule has 2 aliphatic rings. The van der Waals surface area contributed by atoms with Crippen LogP contribution in [0.4, 0.5) is 0 Å². The number of ether oxygens (including phenoxy) is 1. The van der Waals surface area contributed by atoms with Crippen LogP contribution in [0.15, 0.2) is 0 Å². The molecule has 1 unspecified atom stereocenters. The molecule has 1 aliphatic heterocycles. The van der Waals surface area contributed by atoms with Gasteiger partial charge in [0.05, 0.1) is 10.7 Å². The third-order valence-corrected chi connectivity index (χ3v) is 4.85. The van der Waals surface area contributed by atoms with Crippen LogP contribution in [0.1, 0.15) is 47.7 Å². The van der Waals surface area contributed by atoms with Crippen molar-refractivity contribution in [1.82, 2.24) is 10.3 Å². The molecule has 1 aromatic rings. The smallest absolute Gasteiger partial charge is 0.0935 e. The zero-order valence-corrected chi connectivity index (χ0v) is 11.9. The molecule has 1 aliphatic carbocycles. The highest BCUT2D eigenvalue weighted by Crippen LogP contribution is 2.43. The van der Waals surface area contributed by atoms with Crippen molar-refractivity contribution in [2.45, 2.75) is 45.1 Å². The van der Waals surface area contributed by atoms with Gasteiger partial charge in [0.25, 0.3) is 0 Å². The molecular formula is C14H22N2OS. The van der Waals surface area contributed by atoms with Gasteiger partial charge in [0.15, 0.2) is 0 Å². The Bertz CT molecular complexity index is 394. The normalized spacial score (nSPS) is 23.7. The SMILES string of the molecule is CCNCc1sc(CC2CCOC2)nc1C1CC1. The van der Waals surface area contributed by atoms with Crippen LogP contribution in [0.25, 0.3) is 0 Å². The summed E-state index contributed by atoms with van der Waals surface area (Å²) in [6.07, 6.45) is 5.01. The first-order chi connectivity index (χ1) is 8.86. The van der Waals surface area contributed by atoms with E-state index >= 15 is 0 Å². The quantitative estimate of drug-likeness (QED) is 0.859. The molecule has 18 heavy (non-hydrogen) atoms. The van der Waals surface area contributed by atoms with E-state index in [9.17, 15) is 0 Å². The number of hydrogen-bond donors (Lipinski definition) is 1. The van der Waals surface area contributed by atoms with Crippen molar-refractivity contribution in [1.29, 1.82) is 0 Å². The van der Waals surface area contributed by atoms with E-state index < -0.39 is 0 Å². The minimum Gasteiger partial charge on any atom is -0.381 e. The third-order valence-electron chi connectivity index (χ3n) is 3.76. The van der Waals surface area contributed by atoms with Gasteiger partial charge in [-0.1, -0.05) is 6.92 Å². The Labute approximate surface area is 113 Å². The molecule has 4 heteroatoms. The average molecular weight is 266 g/mol. The maximum atomic E-state index is 5.46. The first-order valence-electron chi connectivity index (χ1n) is 7.13. The highest BCUT2D eigenvalue weighted by atomic mass is 32.1. The van der Waals surface area contributed by atoms with Crippen molar-refractivity contribution < 1.29 is 4.74 Å². The molecule has 2 heterocycles. The molecule has 2 fully saturated rings. The topological polar surface area (TPSA) is 34.1 Å². The molecule has 0 aromatic carbocycles. The first kappa shape index (κ1) is 12.6. The number of nitrogens with one attached hydrogen (secondary N) is 1. The second-order valence-corrected chi connectivity index (χ2v) is 6.57. The van der Waals surface area contributed by atoms with Gasteiger partial charge in [-0.3, -0.25) is 0 Å². The van der Waals surface area contributed by atoms with Gasteiger partial charge >= 0.3 is 0 Å². The molecule has 1 N–H and O–H groups in total. The predicted molar refractivity (Wildman–Crippen MR) is 74.1 cm³/mol. The van der Waals surface area contributed by atoms with Crippen molar-refractivity contribution >= 4 is 11.3 Å². The van der Waals surface area contributed by atoms with E-state index in [0.717, 1.165) is 38.6 Å². The molecule has 1 saturated heterocycles. The molecule has 0 radical (unpaired) electrons. The standard InChI is InChI=1S/C14H22N2OS/c1-2-15-8-12-14(11-3-4-11)16-13(18-12)7-10-5-6-17-9-10/h10-11,15H,2-9H2,1H3. The molecule has 1 saturated carbocycles. The lowest BCUT2D eigenvalue weighted by molar-refractivity contribution is 0.186. The highest BCUT2D eigenvalue weighted by molar-refractivity contribution is 7.11. The minimum absolute atomic E-state index is 0.704. The van der Waals surface area contributed by atoms with Gasteiger partial charge in [-0.2, -0.15) is 0 Å². The Hall–Kier alpha value is -0.450. The second-order valence-electron chi connectivity index (χ2n) is 5.40. The Morgan fingerprint density at radius 3 is 2.94 bits per heavy atom. The number of thiazole rings is 1. The van der Waals surface area contributed by atoms with Crippen molar-refractivity contribution in [3.63, 3.8) is 0 Å². The van der Waals surface area contributed by atoms with Crippen LogP contribution in [0, 0.1) is 5.92 Å². The molecule has 100 valence electrons. The molecular weight excluding hydrogens is 244 g/mol. The Kier molecular flexibility index (Phi) is 3.97. The molecule has 0 amide bonds. The fourth-order valence-corrected chi connectivity index (χ4v) is 3.77. The number of hydrogen-bond acceptors (Lipinski definition) is 4. The molecule has 1 aromatic heterocycles. The number of rotatable bonds is 6. The van der Waals surface area contributed by atoms with Crippen LogP contribution in [0.5, 0.6) is 0 Å². The summed E-state index contributed by atoms with van der Waals surface area (Å²) in [6.45, 7) is 6.07. The van der Waals surface area contributed by atoms with E-state index in [1.54, 1.807) is 0 Å². The van der Waals surface area contributed by atoms with E-state index in [1.807, 2.05) is 11.3 Å². The lowest BCUT2D eigenvalue weighted by atomic mass is 10.1. The maximum Gasteiger partial charge on any atom is 0.0935 e. The highest BCUT2D eigenvalue weighted by Gasteiger charge is 2.30. The van der Waals surface area contributed by atoms with Gasteiger partial charge in [-0.25, -0.2) is 4.98 Å². The van der Waals surface area contributed by atoms with Crippen molar-refractivity contribution in [3.05, 3.63) is 15.6 Å². The van der Waals surface area contributed by atoms with Gasteiger partial charge in [0.1, 0.15) is 0 Å². The van der Waals surface area contributed by atoms with E-state index in [1.165, 1.54) is 34.8 Å². The van der Waals surface area contributed by atoms with Gasteiger partial charge in [0.2, 0.25) is 0 Å². The van der Waals surface area contributed by atoms with Crippen LogP contribution >= 0.6 is 11.3 Å². The predicted octanol–water partition coefficient (Wildman–Crippen LogP) is 2.71. The molecule has 1 atom stereocenters. The minimum atomic E-state index is 0.704. The average Bonchev–Trinajstić information content (AvgIpc) is 2.94. The number of aromatic nitrogens is 1. The van der Waals surface area contributed by atoms with Crippen LogP contribution in [-0.4, -0.2) is 24.7 Å². The summed E-state index contributed by atoms with van der Waals surface area (Å²) in [5.74, 6) is 1.47. The lowest BCUT2D eigenvalue weighted by Gasteiger charge is -2.02. The van der Waals surface area contributed by atoms with Crippen molar-refractivity contribution in [3.8, 4) is 0 Å². The summed E-state index contributed by atoms with van der Waals surface area (Å²) >= 11 is 1.93. The Morgan fingerprint density at radius 1 is 1.39 bits per heavy atom. The Balaban J connectivity index is 1.69. The van der Waals surface area contributed by atoms with Crippen LogP contribution in [0.2, 0.25) is 0 Å². The van der Waals surface area contributed by atoms with Gasteiger partial charge in [-0.15, -0.1) is 11.3 Å². The van der Waals surface area contributed by atoms with Gasteiger partial charge < -0.3 is 10.1 Å². The summed E-state index contributed by atoms with van der Waals surface area (Å²) in [5, 5.41) is 4.77. The fraction of sp³-hybridized carbons (Fsp3) is 0.786. The number of nitrogens with zero attached hydrogens (tertiary/aromatic N) is 1. The van der Waals surface area contributed by atoms with Gasteiger partial charge in [0, 0.05) is 37.0 Å². The summed E-state index contributed by atoms with van der Waals surface area (Å²) in [6, 6.07) is 0. The molecule has 3 nitrogen and oxygen atoms in total. The van der Waals surface area contributed by atoms with Gasteiger partial charge in [-0.05, 0) is 31.7 Å². The molecule has 3 rings (SSSR count). The second kappa shape index (κ2) is 5.68. The lowest BCUT2D eigenvalue weighted by Crippen LogP contribution is -2.11. The fourth-order valence-electron chi connectivity index (χ4n) is 2.53. The largest absolute Gasteiger partial charge is 0.381 e. The maximum absolute atomic E-state index is 5.46. The van der Waals surface area contributed by atoms with Crippen LogP contribution in [-0.2, 0) is 17.7 Å². The third kappa shape index (κ3) is 2.92. The molecule has 0 bridgehead atoms. The summed E-state index contributed by atoms with van der Waals surface area (Å²) < 4.78 is 5.46. The van der Waals surface area contributed by atoms with E-state index in [2.05, 4.69) is 12.2 Å². The van der Waals surface area contributed by atoms with Crippen molar-refractivity contribution in [2.75, 3.05) is 19.8 Å². The monoisotopic (exact) mass is 266 g/mol. The van der Waals surface area contributed by atoms with Crippen LogP contribution in [0.3, 0.4) is 0 Å². The molecule has 0 spiro atoms. The van der Waals surface area contributed by atoms with E-state index in [-0.39, 0.29) is 0 Å². The zero-order chi connectivity index (χ0) is 12.4. The summed E-state index contributed by atoms with van der Waals surface area (Å²) in [7, 11) is 0. The van der Waals surface area contributed by atoms with Crippen LogP contribution < -0.4 is 5.32 Å². The van der Waals surface area contributed by atoms with Crippen molar-refractivity contribution in [2.24, 2.45) is 5.92 Å². The van der Waals surface area contributed by atoms with E-state index in [0.29, 0.717) is 5.92 Å². The zero-order valence-electron chi connectivity index (χ0n) is 11.1. The summed E-state index contributed by atoms with van der Waals surface area (Å²) in [4.78, 5) is 6.39. The first-order valence-corrected chi connectivity index (χ1v) is 7.95. The summed E-state index contributed by atoms with van der Waals surface area (Å²) in [5.41, 5.74) is 1.40. The Morgan fingerprint density at radius 2 is 2.28 bits per heavy atom. The van der Waals surface area contributed by atoms with E-state index in [4.69, 9.17) is 9.72 Å².